The van der Waals surface area contributed by atoms with Crippen molar-refractivity contribution < 1.29 is 17.6 Å². The molecule has 0 aliphatic rings. The average Bonchev–Trinajstić information content (AvgIpc) is 2.68. The smallest absolute Gasteiger partial charge is 0.194 e. The molecule has 0 amide bonds. The molecule has 2 rings (SSSR count). The first-order chi connectivity index (χ1) is 12.8. The van der Waals surface area contributed by atoms with E-state index in [0.717, 1.165) is 48.2 Å². The van der Waals surface area contributed by atoms with Gasteiger partial charge in [0.15, 0.2) is 0 Å². The molecule has 0 aliphatic carbocycles. The summed E-state index contributed by atoms with van der Waals surface area (Å²) in [5.41, 5.74) is -0.0403. The Morgan fingerprint density at radius 2 is 0.714 bits per heavy atom. The molecular formula is C24H30F4. The summed E-state index contributed by atoms with van der Waals surface area (Å²) in [7, 11) is 0. The van der Waals surface area contributed by atoms with E-state index in [9.17, 15) is 17.6 Å². The van der Waals surface area contributed by atoms with Crippen molar-refractivity contribution in [2.45, 2.75) is 77.1 Å². The minimum atomic E-state index is -4.30. The van der Waals surface area contributed by atoms with Crippen LogP contribution in [0, 0.1) is 0 Å². The molecule has 2 aromatic carbocycles. The minimum absolute atomic E-state index is 0.196. The van der Waals surface area contributed by atoms with Crippen LogP contribution in [0.2, 0.25) is 0 Å². The molecule has 2 aromatic rings. The van der Waals surface area contributed by atoms with Gasteiger partial charge in [0.2, 0.25) is 0 Å². The van der Waals surface area contributed by atoms with Crippen LogP contribution in [0.4, 0.5) is 17.6 Å². The van der Waals surface area contributed by atoms with Gasteiger partial charge in [0.1, 0.15) is 0 Å². The van der Waals surface area contributed by atoms with Crippen molar-refractivity contribution in [3.63, 3.8) is 0 Å². The van der Waals surface area contributed by atoms with E-state index in [1.54, 1.807) is 0 Å². The highest BCUT2D eigenvalue weighted by atomic mass is 19.3. The van der Waals surface area contributed by atoms with Crippen LogP contribution >= 0.6 is 0 Å². The van der Waals surface area contributed by atoms with Crippen LogP contribution in [0.1, 0.15) is 76.6 Å². The summed E-state index contributed by atoms with van der Waals surface area (Å²) in [6.07, 6.45) is 1.64. The molecular weight excluding hydrogens is 364 g/mol. The van der Waals surface area contributed by atoms with Gasteiger partial charge in [-0.2, -0.15) is 17.6 Å². The molecule has 0 nitrogen and oxygen atoms in total. The zero-order chi connectivity index (χ0) is 21.4. The fourth-order valence-corrected chi connectivity index (χ4v) is 3.03. The van der Waals surface area contributed by atoms with E-state index >= 15 is 0 Å². The maximum absolute atomic E-state index is 14.8. The first kappa shape index (κ1) is 22.4. The third-order valence-electron chi connectivity index (χ3n) is 6.22. The highest BCUT2D eigenvalue weighted by Crippen LogP contribution is 2.50. The van der Waals surface area contributed by atoms with Gasteiger partial charge < -0.3 is 0 Å². The molecule has 0 N–H and O–H groups in total. The first-order valence-electron chi connectivity index (χ1n) is 9.77. The van der Waals surface area contributed by atoms with E-state index in [4.69, 9.17) is 0 Å². The standard InChI is InChI=1S/C24H30F4/c1-7-21(3,4)17-9-13-19(14-10-17)23(25,26)24(27,28)20-15-11-18(12-16-20)22(5,6)8-2/h9-16H,7-8H2,1-6H3. The predicted octanol–water partition coefficient (Wildman–Crippen LogP) is 7.95. The molecule has 0 heterocycles. The molecule has 0 spiro atoms. The second kappa shape index (κ2) is 7.53. The van der Waals surface area contributed by atoms with Crippen molar-refractivity contribution in [3.05, 3.63) is 70.8 Å². The molecule has 28 heavy (non-hydrogen) atoms. The Kier molecular flexibility index (Phi) is 6.04. The van der Waals surface area contributed by atoms with Gasteiger partial charge >= 0.3 is 11.8 Å². The fraction of sp³-hybridized carbons (Fsp3) is 0.500. The number of hydrogen-bond acceptors (Lipinski definition) is 0. The summed E-state index contributed by atoms with van der Waals surface area (Å²) >= 11 is 0. The van der Waals surface area contributed by atoms with E-state index in [2.05, 4.69) is 0 Å². The molecule has 0 aromatic heterocycles. The molecule has 0 unspecified atom stereocenters. The van der Waals surface area contributed by atoms with Gasteiger partial charge in [-0.1, -0.05) is 90.1 Å². The first-order valence-corrected chi connectivity index (χ1v) is 9.77. The highest BCUT2D eigenvalue weighted by Gasteiger charge is 2.58. The summed E-state index contributed by atoms with van der Waals surface area (Å²) in [6.45, 7) is 12.0. The van der Waals surface area contributed by atoms with Crippen LogP contribution in [0.3, 0.4) is 0 Å². The Morgan fingerprint density at radius 3 is 0.929 bits per heavy atom. The van der Waals surface area contributed by atoms with Crippen LogP contribution in [-0.2, 0) is 22.7 Å². The normalized spacial score (nSPS) is 13.6. The summed E-state index contributed by atoms with van der Waals surface area (Å²) in [5.74, 6) is -8.60. The summed E-state index contributed by atoms with van der Waals surface area (Å²) in [5, 5.41) is 0. The second-order valence-corrected chi connectivity index (χ2v) is 8.78. The van der Waals surface area contributed by atoms with Crippen molar-refractivity contribution in [1.29, 1.82) is 0 Å². The van der Waals surface area contributed by atoms with Crippen molar-refractivity contribution in [3.8, 4) is 0 Å². The fourth-order valence-electron chi connectivity index (χ4n) is 3.03. The molecule has 0 saturated carbocycles. The molecule has 0 fully saturated rings. The maximum atomic E-state index is 14.8. The minimum Gasteiger partial charge on any atom is -0.194 e. The monoisotopic (exact) mass is 394 g/mol. The topological polar surface area (TPSA) is 0 Å². The molecule has 0 saturated heterocycles. The van der Waals surface area contributed by atoms with Crippen LogP contribution < -0.4 is 0 Å². The van der Waals surface area contributed by atoms with Crippen molar-refractivity contribution >= 4 is 0 Å². The Bertz CT molecular complexity index is 715. The van der Waals surface area contributed by atoms with Crippen LogP contribution in [0.5, 0.6) is 0 Å². The third-order valence-corrected chi connectivity index (χ3v) is 6.22. The molecule has 0 atom stereocenters. The molecule has 4 heteroatoms. The lowest BCUT2D eigenvalue weighted by Crippen LogP contribution is -2.35. The Morgan fingerprint density at radius 1 is 0.500 bits per heavy atom. The molecule has 0 bridgehead atoms. The number of alkyl halides is 4. The van der Waals surface area contributed by atoms with E-state index in [1.807, 2.05) is 41.5 Å². The van der Waals surface area contributed by atoms with Gasteiger partial charge in [0.05, 0.1) is 0 Å². The van der Waals surface area contributed by atoms with Gasteiger partial charge in [0.25, 0.3) is 0 Å². The quantitative estimate of drug-likeness (QED) is 0.418. The van der Waals surface area contributed by atoms with Crippen molar-refractivity contribution in [2.24, 2.45) is 0 Å². The SMILES string of the molecule is CCC(C)(C)c1ccc(C(F)(F)C(F)(F)c2ccc(C(C)(C)CC)cc2)cc1. The lowest BCUT2D eigenvalue weighted by atomic mass is 9.81. The van der Waals surface area contributed by atoms with Gasteiger partial charge in [0, 0.05) is 11.1 Å². The zero-order valence-electron chi connectivity index (χ0n) is 17.5. The summed E-state index contributed by atoms with van der Waals surface area (Å²) in [4.78, 5) is 0. The molecule has 154 valence electrons. The largest absolute Gasteiger partial charge is 0.339 e. The van der Waals surface area contributed by atoms with E-state index in [-0.39, 0.29) is 10.8 Å². The van der Waals surface area contributed by atoms with Crippen LogP contribution in [-0.4, -0.2) is 0 Å². The van der Waals surface area contributed by atoms with Crippen LogP contribution in [0.25, 0.3) is 0 Å². The van der Waals surface area contributed by atoms with Crippen molar-refractivity contribution in [2.75, 3.05) is 0 Å². The Labute approximate surface area is 166 Å². The number of halogens is 4. The lowest BCUT2D eigenvalue weighted by molar-refractivity contribution is -0.223. The van der Waals surface area contributed by atoms with Crippen molar-refractivity contribution in [1.82, 2.24) is 0 Å². The van der Waals surface area contributed by atoms with E-state index < -0.39 is 23.0 Å². The highest BCUT2D eigenvalue weighted by molar-refractivity contribution is 5.36. The predicted molar refractivity (Wildman–Crippen MR) is 107 cm³/mol. The van der Waals surface area contributed by atoms with Gasteiger partial charge in [-0.05, 0) is 34.8 Å². The molecule has 0 radical (unpaired) electrons. The maximum Gasteiger partial charge on any atom is 0.339 e. The van der Waals surface area contributed by atoms with Gasteiger partial charge in [-0.15, -0.1) is 0 Å². The van der Waals surface area contributed by atoms with Crippen LogP contribution in [0.15, 0.2) is 48.5 Å². The number of benzene rings is 2. The van der Waals surface area contributed by atoms with Gasteiger partial charge in [-0.3, -0.25) is 0 Å². The zero-order valence-corrected chi connectivity index (χ0v) is 17.5. The summed E-state index contributed by atoms with van der Waals surface area (Å²) < 4.78 is 59.1. The third kappa shape index (κ3) is 3.97. The average molecular weight is 394 g/mol. The van der Waals surface area contributed by atoms with Gasteiger partial charge in [-0.25, -0.2) is 0 Å². The number of hydrogen-bond donors (Lipinski definition) is 0. The summed E-state index contributed by atoms with van der Waals surface area (Å²) in [6, 6.07) is 10.6. The van der Waals surface area contributed by atoms with E-state index in [0.29, 0.717) is 0 Å². The lowest BCUT2D eigenvalue weighted by Gasteiger charge is -2.29. The van der Waals surface area contributed by atoms with E-state index in [1.165, 1.54) is 24.3 Å². The second-order valence-electron chi connectivity index (χ2n) is 8.78. The molecule has 0 aliphatic heterocycles. The Hall–Kier alpha value is -1.84. The Balaban J connectivity index is 2.38. The number of rotatable bonds is 7.